The Labute approximate surface area is 113 Å². The number of aromatic nitrogens is 2. The van der Waals surface area contributed by atoms with Crippen molar-refractivity contribution in [3.05, 3.63) is 61.1 Å². The van der Waals surface area contributed by atoms with E-state index in [9.17, 15) is 18.8 Å². The van der Waals surface area contributed by atoms with Crippen molar-refractivity contribution in [1.29, 1.82) is 0 Å². The van der Waals surface area contributed by atoms with Crippen molar-refractivity contribution < 1.29 is 9.18 Å². The zero-order valence-corrected chi connectivity index (χ0v) is 10.9. The van der Waals surface area contributed by atoms with Gasteiger partial charge in [0.1, 0.15) is 11.5 Å². The fourth-order valence-corrected chi connectivity index (χ4v) is 1.61. The van der Waals surface area contributed by atoms with E-state index in [-0.39, 0.29) is 15.9 Å². The molecular weight excluding hydrogens is 321 g/mol. The minimum Gasteiger partial charge on any atom is -0.321 e. The number of rotatable bonds is 2. The Bertz CT molecular complexity index is 725. The number of hydrogen-bond acceptors (Lipinski definition) is 3. The van der Waals surface area contributed by atoms with Gasteiger partial charge in [-0.2, -0.15) is 0 Å². The van der Waals surface area contributed by atoms with Crippen LogP contribution in [0.25, 0.3) is 0 Å². The zero-order valence-electron chi connectivity index (χ0n) is 9.29. The van der Waals surface area contributed by atoms with E-state index in [1.165, 1.54) is 12.1 Å². The summed E-state index contributed by atoms with van der Waals surface area (Å²) in [5, 5.41) is 2.36. The Balaban J connectivity index is 2.27. The minimum absolute atomic E-state index is 0.201. The number of benzene rings is 1. The molecule has 98 valence electrons. The van der Waals surface area contributed by atoms with Gasteiger partial charge in [0.05, 0.1) is 4.47 Å². The minimum atomic E-state index is -0.792. The standard InChI is InChI=1S/C11H7BrFN3O3/c12-6-2-1-5(3-7(6)13)14-10(18)8-4-9(17)16-11(19)15-8/h1-4H,(H,14,18)(H2,15,16,17,19). The van der Waals surface area contributed by atoms with Crippen molar-refractivity contribution in [3.63, 3.8) is 0 Å². The largest absolute Gasteiger partial charge is 0.326 e. The van der Waals surface area contributed by atoms with Gasteiger partial charge in [-0.25, -0.2) is 9.18 Å². The predicted molar refractivity (Wildman–Crippen MR) is 69.7 cm³/mol. The Kier molecular flexibility index (Phi) is 3.61. The number of nitrogens with one attached hydrogen (secondary N) is 3. The van der Waals surface area contributed by atoms with Crippen LogP contribution in [0.3, 0.4) is 0 Å². The van der Waals surface area contributed by atoms with E-state index in [1.54, 1.807) is 0 Å². The number of H-pyrrole nitrogens is 2. The van der Waals surface area contributed by atoms with Gasteiger partial charge in [-0.15, -0.1) is 0 Å². The third-order valence-electron chi connectivity index (χ3n) is 2.18. The van der Waals surface area contributed by atoms with Gasteiger partial charge in [-0.1, -0.05) is 0 Å². The molecule has 6 nitrogen and oxygen atoms in total. The molecule has 1 amide bonds. The molecule has 0 saturated heterocycles. The van der Waals surface area contributed by atoms with Crippen LogP contribution in [-0.2, 0) is 0 Å². The Morgan fingerprint density at radius 2 is 1.95 bits per heavy atom. The van der Waals surface area contributed by atoms with Crippen LogP contribution in [0, 0.1) is 5.82 Å². The first-order chi connectivity index (χ1) is 8.95. The van der Waals surface area contributed by atoms with Crippen molar-refractivity contribution in [3.8, 4) is 0 Å². The van der Waals surface area contributed by atoms with Crippen LogP contribution in [0.5, 0.6) is 0 Å². The molecule has 0 atom stereocenters. The maximum Gasteiger partial charge on any atom is 0.326 e. The summed E-state index contributed by atoms with van der Waals surface area (Å²) in [5.41, 5.74) is -1.50. The molecule has 1 heterocycles. The number of amides is 1. The van der Waals surface area contributed by atoms with Gasteiger partial charge in [0, 0.05) is 11.8 Å². The Morgan fingerprint density at radius 3 is 2.58 bits per heavy atom. The molecule has 0 aliphatic carbocycles. The summed E-state index contributed by atoms with van der Waals surface area (Å²) in [6.07, 6.45) is 0. The first-order valence-electron chi connectivity index (χ1n) is 5.06. The second-order valence-electron chi connectivity index (χ2n) is 3.58. The summed E-state index contributed by atoms with van der Waals surface area (Å²) in [7, 11) is 0. The number of anilines is 1. The molecule has 0 bridgehead atoms. The highest BCUT2D eigenvalue weighted by molar-refractivity contribution is 9.10. The molecule has 0 spiro atoms. The van der Waals surface area contributed by atoms with Crippen LogP contribution in [-0.4, -0.2) is 15.9 Å². The smallest absolute Gasteiger partial charge is 0.321 e. The van der Waals surface area contributed by atoms with Crippen molar-refractivity contribution >= 4 is 27.5 Å². The van der Waals surface area contributed by atoms with Gasteiger partial charge in [-0.3, -0.25) is 14.6 Å². The summed E-state index contributed by atoms with van der Waals surface area (Å²) in [6, 6.07) is 4.93. The van der Waals surface area contributed by atoms with E-state index >= 15 is 0 Å². The fourth-order valence-electron chi connectivity index (χ4n) is 1.36. The first-order valence-corrected chi connectivity index (χ1v) is 5.85. The van der Waals surface area contributed by atoms with Crippen LogP contribution in [0.15, 0.2) is 38.3 Å². The molecule has 0 radical (unpaired) electrons. The summed E-state index contributed by atoms with van der Waals surface area (Å²) in [4.78, 5) is 37.9. The maximum atomic E-state index is 13.2. The lowest BCUT2D eigenvalue weighted by molar-refractivity contribution is 0.102. The van der Waals surface area contributed by atoms with E-state index in [0.29, 0.717) is 0 Å². The fraction of sp³-hybridized carbons (Fsp3) is 0. The van der Waals surface area contributed by atoms with Crippen molar-refractivity contribution in [1.82, 2.24) is 9.97 Å². The topological polar surface area (TPSA) is 94.8 Å². The van der Waals surface area contributed by atoms with Crippen LogP contribution >= 0.6 is 15.9 Å². The molecule has 2 aromatic rings. The number of halogens is 2. The second-order valence-corrected chi connectivity index (χ2v) is 4.44. The molecule has 0 aliphatic rings. The lowest BCUT2D eigenvalue weighted by Crippen LogP contribution is -2.27. The van der Waals surface area contributed by atoms with Crippen LogP contribution < -0.4 is 16.6 Å². The van der Waals surface area contributed by atoms with Crippen LogP contribution in [0.1, 0.15) is 10.5 Å². The zero-order chi connectivity index (χ0) is 14.0. The lowest BCUT2D eigenvalue weighted by atomic mass is 10.3. The number of carbonyl (C=O) groups is 1. The van der Waals surface area contributed by atoms with Gasteiger partial charge < -0.3 is 10.3 Å². The average molecular weight is 328 g/mol. The van der Waals surface area contributed by atoms with Crippen LogP contribution in [0.2, 0.25) is 0 Å². The van der Waals surface area contributed by atoms with Crippen molar-refractivity contribution in [2.24, 2.45) is 0 Å². The molecule has 0 aliphatic heterocycles. The van der Waals surface area contributed by atoms with E-state index in [0.717, 1.165) is 12.1 Å². The van der Waals surface area contributed by atoms with E-state index < -0.39 is 23.0 Å². The molecule has 2 rings (SSSR count). The maximum absolute atomic E-state index is 13.2. The highest BCUT2D eigenvalue weighted by Crippen LogP contribution is 2.19. The highest BCUT2D eigenvalue weighted by Gasteiger charge is 2.09. The van der Waals surface area contributed by atoms with Gasteiger partial charge in [0.25, 0.3) is 11.5 Å². The third-order valence-corrected chi connectivity index (χ3v) is 2.83. The quantitative estimate of drug-likeness (QED) is 0.773. The highest BCUT2D eigenvalue weighted by atomic mass is 79.9. The van der Waals surface area contributed by atoms with Crippen LogP contribution in [0.4, 0.5) is 10.1 Å². The van der Waals surface area contributed by atoms with Crippen molar-refractivity contribution in [2.75, 3.05) is 5.32 Å². The second kappa shape index (κ2) is 5.19. The summed E-state index contributed by atoms with van der Waals surface area (Å²) in [6.45, 7) is 0. The number of carbonyl (C=O) groups excluding carboxylic acids is 1. The summed E-state index contributed by atoms with van der Waals surface area (Å²) in [5.74, 6) is -1.26. The summed E-state index contributed by atoms with van der Waals surface area (Å²) < 4.78 is 13.5. The molecule has 8 heteroatoms. The third kappa shape index (κ3) is 3.16. The van der Waals surface area contributed by atoms with Gasteiger partial charge >= 0.3 is 5.69 Å². The van der Waals surface area contributed by atoms with Gasteiger partial charge in [0.15, 0.2) is 0 Å². The molecule has 0 saturated carbocycles. The lowest BCUT2D eigenvalue weighted by Gasteiger charge is -2.05. The van der Waals surface area contributed by atoms with Crippen molar-refractivity contribution in [2.45, 2.75) is 0 Å². The normalized spacial score (nSPS) is 10.2. The van der Waals surface area contributed by atoms with Gasteiger partial charge in [-0.05, 0) is 34.1 Å². The summed E-state index contributed by atoms with van der Waals surface area (Å²) >= 11 is 2.98. The molecule has 1 aromatic carbocycles. The molecule has 0 unspecified atom stereocenters. The molecular formula is C11H7BrFN3O3. The molecule has 0 fully saturated rings. The van der Waals surface area contributed by atoms with Gasteiger partial charge in [0.2, 0.25) is 0 Å². The van der Waals surface area contributed by atoms with E-state index in [1.807, 2.05) is 4.98 Å². The Hall–Kier alpha value is -2.22. The molecule has 1 aromatic heterocycles. The molecule has 3 N–H and O–H groups in total. The number of aromatic amines is 2. The molecule has 19 heavy (non-hydrogen) atoms. The monoisotopic (exact) mass is 327 g/mol. The van der Waals surface area contributed by atoms with E-state index in [2.05, 4.69) is 26.2 Å². The van der Waals surface area contributed by atoms with E-state index in [4.69, 9.17) is 0 Å². The average Bonchev–Trinajstić information content (AvgIpc) is 2.32. The first kappa shape index (κ1) is 13.2. The number of hydrogen-bond donors (Lipinski definition) is 3. The SMILES string of the molecule is O=C(Nc1ccc(Br)c(F)c1)c1cc(=O)[nH]c(=O)[nH]1. The Morgan fingerprint density at radius 1 is 1.21 bits per heavy atom. The predicted octanol–water partition coefficient (Wildman–Crippen LogP) is 1.22.